The molecule has 20 heteroatoms. The van der Waals surface area contributed by atoms with E-state index in [1.54, 1.807) is 0 Å². The third-order valence-corrected chi connectivity index (χ3v) is 4.66. The zero-order valence-electron chi connectivity index (χ0n) is 18.0. The van der Waals surface area contributed by atoms with Gasteiger partial charge in [0.05, 0.1) is 5.39 Å². The van der Waals surface area contributed by atoms with Crippen LogP contribution in [0.5, 0.6) is 17.2 Å². The Morgan fingerprint density at radius 2 is 1.20 bits per heavy atom. The van der Waals surface area contributed by atoms with E-state index >= 15 is 0 Å². The van der Waals surface area contributed by atoms with Crippen molar-refractivity contribution in [2.75, 3.05) is 0 Å². The number of quaternary nitrogens is 3. The third kappa shape index (κ3) is 8.43. The maximum Gasteiger partial charge on any atom is 0.262 e. The topological polar surface area (TPSA) is 339 Å². The summed E-state index contributed by atoms with van der Waals surface area (Å²) in [5.41, 5.74) is -1.93. The Labute approximate surface area is 197 Å². The second-order valence-corrected chi connectivity index (χ2v) is 8.70. The van der Waals surface area contributed by atoms with Gasteiger partial charge in [0.2, 0.25) is 11.2 Å². The van der Waals surface area contributed by atoms with E-state index in [2.05, 4.69) is 12.5 Å². The van der Waals surface area contributed by atoms with Gasteiger partial charge in [0.15, 0.2) is 5.76 Å². The molecule has 0 fully saturated rings. The van der Waals surface area contributed by atoms with Gasteiger partial charge in [-0.15, -0.1) is 0 Å². The zero-order chi connectivity index (χ0) is 23.9. The van der Waals surface area contributed by atoms with Crippen LogP contribution in [0.25, 0.3) is 22.3 Å². The van der Waals surface area contributed by atoms with Crippen molar-refractivity contribution in [1.82, 2.24) is 18.5 Å². The highest BCUT2D eigenvalue weighted by Gasteiger charge is 2.21. The molecule has 17 nitrogen and oxygen atoms in total. The van der Waals surface area contributed by atoms with Crippen molar-refractivity contribution in [2.24, 2.45) is 0 Å². The van der Waals surface area contributed by atoms with E-state index in [1.807, 2.05) is 0 Å². The SMILES string of the molecule is O=c1c(OS(=O)(=O)[O-])c(-c2cccc(OS(=O)(=O)[O-])c2)oc2cc(OS(=O)(=O)[O-])ccc12.[NH4+].[NH4+].[NH4+]. The van der Waals surface area contributed by atoms with Crippen LogP contribution in [0, 0.1) is 0 Å². The van der Waals surface area contributed by atoms with Gasteiger partial charge in [-0.2, -0.15) is 0 Å². The van der Waals surface area contributed by atoms with Crippen LogP contribution in [0.1, 0.15) is 0 Å². The molecule has 0 bridgehead atoms. The molecular weight excluding hydrogens is 542 g/mol. The summed E-state index contributed by atoms with van der Waals surface area (Å²) in [6.07, 6.45) is 0. The first-order valence-electron chi connectivity index (χ1n) is 7.78. The van der Waals surface area contributed by atoms with Crippen molar-refractivity contribution in [2.45, 2.75) is 0 Å². The molecule has 0 spiro atoms. The Morgan fingerprint density at radius 3 is 1.71 bits per heavy atom. The third-order valence-electron chi connectivity index (χ3n) is 3.50. The number of rotatable bonds is 7. The normalized spacial score (nSPS) is 11.4. The molecule has 3 aromatic rings. The summed E-state index contributed by atoms with van der Waals surface area (Å²) in [7, 11) is -15.9. The minimum atomic E-state index is -5.50. The van der Waals surface area contributed by atoms with Crippen LogP contribution in [0.3, 0.4) is 0 Å². The first-order valence-corrected chi connectivity index (χ1v) is 11.8. The van der Waals surface area contributed by atoms with Gasteiger partial charge in [0.25, 0.3) is 31.2 Å². The minimum absolute atomic E-state index is 0. The lowest BCUT2D eigenvalue weighted by atomic mass is 10.1. The van der Waals surface area contributed by atoms with Gasteiger partial charge < -0.3 is 49.1 Å². The monoisotopic (exact) mass is 561 g/mol. The van der Waals surface area contributed by atoms with E-state index in [4.69, 9.17) is 4.42 Å². The highest BCUT2D eigenvalue weighted by atomic mass is 32.3. The molecule has 0 saturated carbocycles. The van der Waals surface area contributed by atoms with Crippen molar-refractivity contribution in [1.29, 1.82) is 0 Å². The van der Waals surface area contributed by atoms with E-state index in [-0.39, 0.29) is 24.0 Å². The van der Waals surface area contributed by atoms with Crippen LogP contribution in [-0.4, -0.2) is 38.9 Å². The second kappa shape index (κ2) is 10.9. The summed E-state index contributed by atoms with van der Waals surface area (Å²) < 4.78 is 116. The molecule has 0 atom stereocenters. The molecule has 1 heterocycles. The summed E-state index contributed by atoms with van der Waals surface area (Å²) in [5, 5.41) is -0.405. The van der Waals surface area contributed by atoms with Gasteiger partial charge in [-0.25, -0.2) is 25.3 Å². The van der Waals surface area contributed by atoms with Gasteiger partial charge in [0.1, 0.15) is 17.1 Å². The molecule has 0 amide bonds. The quantitative estimate of drug-likeness (QED) is 0.268. The smallest absolute Gasteiger partial charge is 0.262 e. The Balaban J connectivity index is 0.00000385. The molecule has 2 aromatic carbocycles. The molecule has 0 aliphatic rings. The molecule has 0 aliphatic heterocycles. The molecule has 35 heavy (non-hydrogen) atoms. The summed E-state index contributed by atoms with van der Waals surface area (Å²) in [6, 6.07) is 6.70. The maximum absolute atomic E-state index is 12.7. The van der Waals surface area contributed by atoms with Crippen LogP contribution in [-0.2, 0) is 31.2 Å². The van der Waals surface area contributed by atoms with Crippen molar-refractivity contribution in [3.8, 4) is 28.6 Å². The molecule has 12 N–H and O–H groups in total. The standard InChI is InChI=1S/C15H10O14S3.3H3N/c16-13-11-5-4-10(28-31(20,21)22)7-12(11)26-14(15(13)29-32(23,24)25)8-2-1-3-9(6-8)27-30(17,18)19;;;/h1-7H,(H,17,18,19)(H,20,21,22)(H,23,24,25);3*1H3. The van der Waals surface area contributed by atoms with Gasteiger partial charge in [-0.05, 0) is 24.3 Å². The van der Waals surface area contributed by atoms with Crippen LogP contribution in [0.2, 0.25) is 0 Å². The van der Waals surface area contributed by atoms with E-state index in [0.717, 1.165) is 42.5 Å². The zero-order valence-corrected chi connectivity index (χ0v) is 20.4. The lowest BCUT2D eigenvalue weighted by molar-refractivity contribution is 0.365. The van der Waals surface area contributed by atoms with Crippen molar-refractivity contribution < 1.29 is 55.9 Å². The number of hydrogen-bond donors (Lipinski definition) is 3. The maximum atomic E-state index is 12.7. The summed E-state index contributed by atoms with van der Waals surface area (Å²) in [5.74, 6) is -3.00. The van der Waals surface area contributed by atoms with Crippen LogP contribution < -0.4 is 36.4 Å². The average Bonchev–Trinajstić information content (AvgIpc) is 2.60. The van der Waals surface area contributed by atoms with Gasteiger partial charge in [0, 0.05) is 11.6 Å². The summed E-state index contributed by atoms with van der Waals surface area (Å²) in [4.78, 5) is 12.7. The van der Waals surface area contributed by atoms with Crippen molar-refractivity contribution >= 4 is 42.2 Å². The Bertz CT molecular complexity index is 1600. The largest absolute Gasteiger partial charge is 0.716 e. The fourth-order valence-electron chi connectivity index (χ4n) is 2.50. The molecule has 1 aromatic heterocycles. The fourth-order valence-corrected chi connectivity index (χ4v) is 3.54. The molecular formula is C15H19N3O14S3. The predicted molar refractivity (Wildman–Crippen MR) is 117 cm³/mol. The molecule has 3 rings (SSSR count). The Kier molecular flexibility index (Phi) is 9.89. The van der Waals surface area contributed by atoms with Crippen LogP contribution >= 0.6 is 0 Å². The number of fused-ring (bicyclic) bond motifs is 1. The average molecular weight is 562 g/mol. The van der Waals surface area contributed by atoms with E-state index < -0.39 is 70.6 Å². The van der Waals surface area contributed by atoms with Gasteiger partial charge in [-0.3, -0.25) is 4.79 Å². The van der Waals surface area contributed by atoms with Crippen molar-refractivity contribution in [3.63, 3.8) is 0 Å². The lowest BCUT2D eigenvalue weighted by Crippen LogP contribution is -2.16. The highest BCUT2D eigenvalue weighted by molar-refractivity contribution is 7.81. The van der Waals surface area contributed by atoms with Gasteiger partial charge >= 0.3 is 0 Å². The van der Waals surface area contributed by atoms with E-state index in [0.29, 0.717) is 0 Å². The lowest BCUT2D eigenvalue weighted by Gasteiger charge is -2.15. The predicted octanol–water partition coefficient (Wildman–Crippen LogP) is 1.11. The summed E-state index contributed by atoms with van der Waals surface area (Å²) >= 11 is 0. The fraction of sp³-hybridized carbons (Fsp3) is 0. The number of benzene rings is 2. The molecule has 196 valence electrons. The van der Waals surface area contributed by atoms with E-state index in [1.165, 1.54) is 0 Å². The Morgan fingerprint density at radius 1 is 0.686 bits per heavy atom. The first-order chi connectivity index (χ1) is 14.6. The molecule has 0 radical (unpaired) electrons. The highest BCUT2D eigenvalue weighted by Crippen LogP contribution is 2.34. The van der Waals surface area contributed by atoms with E-state index in [9.17, 15) is 43.7 Å². The summed E-state index contributed by atoms with van der Waals surface area (Å²) in [6.45, 7) is 0. The second-order valence-electron chi connectivity index (χ2n) is 5.75. The first kappa shape index (κ1) is 31.7. The van der Waals surface area contributed by atoms with Gasteiger partial charge in [-0.1, -0.05) is 12.1 Å². The molecule has 0 saturated heterocycles. The van der Waals surface area contributed by atoms with Crippen LogP contribution in [0.4, 0.5) is 0 Å². The number of hydrogen-bond acceptors (Lipinski definition) is 14. The van der Waals surface area contributed by atoms with Crippen LogP contribution in [0.15, 0.2) is 51.7 Å². The Hall–Kier alpha value is -3.34. The minimum Gasteiger partial charge on any atom is -0.716 e. The van der Waals surface area contributed by atoms with Crippen molar-refractivity contribution in [3.05, 3.63) is 52.7 Å². The molecule has 0 unspecified atom stereocenters. The molecule has 0 aliphatic carbocycles.